The van der Waals surface area contributed by atoms with Crippen LogP contribution in [0.1, 0.15) is 0 Å². The summed E-state index contributed by atoms with van der Waals surface area (Å²) in [6.45, 7) is 0. The third-order valence-electron chi connectivity index (χ3n) is 14.4. The van der Waals surface area contributed by atoms with Crippen LogP contribution in [0.3, 0.4) is 0 Å². The van der Waals surface area contributed by atoms with Crippen LogP contribution in [-0.2, 0) is 0 Å². The summed E-state index contributed by atoms with van der Waals surface area (Å²) in [6.07, 6.45) is 3.65. The monoisotopic (exact) mass is 968 g/mol. The average Bonchev–Trinajstić information content (AvgIpc) is 3.51. The van der Waals surface area contributed by atoms with Crippen molar-refractivity contribution in [1.82, 2.24) is 29.9 Å². The summed E-state index contributed by atoms with van der Waals surface area (Å²) in [7, 11) is 0. The van der Waals surface area contributed by atoms with Crippen molar-refractivity contribution < 1.29 is 0 Å². The number of pyridine rings is 6. The van der Waals surface area contributed by atoms with E-state index in [0.717, 1.165) is 110 Å². The molecule has 0 aliphatic rings. The van der Waals surface area contributed by atoms with Gasteiger partial charge in [-0.05, 0) is 106 Å². The minimum absolute atomic E-state index is 0.936. The highest BCUT2D eigenvalue weighted by molar-refractivity contribution is 6.00. The van der Waals surface area contributed by atoms with Gasteiger partial charge in [-0.2, -0.15) is 0 Å². The van der Waals surface area contributed by atoms with E-state index in [4.69, 9.17) is 19.9 Å². The van der Waals surface area contributed by atoms with Gasteiger partial charge in [0, 0.05) is 67.0 Å². The molecule has 0 aliphatic carbocycles. The highest BCUT2D eigenvalue weighted by Crippen LogP contribution is 2.35. The van der Waals surface area contributed by atoms with Gasteiger partial charge in [-0.25, -0.2) is 19.9 Å². The Kier molecular flexibility index (Phi) is 11.1. The molecule has 76 heavy (non-hydrogen) atoms. The molecule has 6 heterocycles. The van der Waals surface area contributed by atoms with Crippen molar-refractivity contribution in [2.75, 3.05) is 0 Å². The van der Waals surface area contributed by atoms with Crippen molar-refractivity contribution in [2.24, 2.45) is 0 Å². The lowest BCUT2D eigenvalue weighted by Gasteiger charge is -2.10. The number of fused-ring (bicyclic) bond motifs is 7. The Balaban J connectivity index is 0.000000140. The number of rotatable bonds is 6. The van der Waals surface area contributed by atoms with Gasteiger partial charge in [-0.3, -0.25) is 9.97 Å². The highest BCUT2D eigenvalue weighted by atomic mass is 14.7. The maximum absolute atomic E-state index is 5.10. The molecule has 354 valence electrons. The fourth-order valence-electron chi connectivity index (χ4n) is 10.5. The molecule has 6 aromatic heterocycles. The summed E-state index contributed by atoms with van der Waals surface area (Å²) in [5.74, 6) is 0. The van der Waals surface area contributed by atoms with Crippen LogP contribution in [0.5, 0.6) is 0 Å². The SMILES string of the molecule is c1ccc(-c2ccc3ccc(-c4ccc5ccc(-c6cccc7ncccc67)nc5c4)nc3c2)cc1.c1ccc2c(-c3ccc4ccc(-c5ccc6ccc(-c7cccc8ncccc78)nc6c5)nc4c3)cccc2c1. The summed E-state index contributed by atoms with van der Waals surface area (Å²) in [4.78, 5) is 29.3. The second-order valence-corrected chi connectivity index (χ2v) is 19.1. The summed E-state index contributed by atoms with van der Waals surface area (Å²) in [5.41, 5.74) is 18.6. The second-order valence-electron chi connectivity index (χ2n) is 19.1. The molecule has 0 saturated carbocycles. The summed E-state index contributed by atoms with van der Waals surface area (Å²) in [6, 6.07) is 88.7. The Hall–Kier alpha value is -10.3. The van der Waals surface area contributed by atoms with Crippen LogP contribution in [0, 0.1) is 0 Å². The van der Waals surface area contributed by atoms with Gasteiger partial charge in [0.25, 0.3) is 0 Å². The first-order valence-corrected chi connectivity index (χ1v) is 25.5. The number of hydrogen-bond acceptors (Lipinski definition) is 6. The first-order valence-electron chi connectivity index (χ1n) is 25.5. The molecule has 0 radical (unpaired) electrons. The van der Waals surface area contributed by atoms with E-state index >= 15 is 0 Å². The zero-order valence-electron chi connectivity index (χ0n) is 41.1. The van der Waals surface area contributed by atoms with Crippen LogP contribution in [-0.4, -0.2) is 29.9 Å². The summed E-state index contributed by atoms with van der Waals surface area (Å²) < 4.78 is 0. The van der Waals surface area contributed by atoms with Gasteiger partial charge < -0.3 is 0 Å². The standard InChI is InChI=1S/C37H23N3.C33H21N3/c1-2-8-29-24(6-1)7-3-9-30(29)27-15-13-25-17-19-33(39-36(25)22-27)28-16-14-26-18-20-35(40-37(26)23-28)32-10-4-12-34-31(32)11-5-21-38-34;1-2-6-22(7-3-1)25-13-11-23-15-17-29(35-32(23)20-25)26-14-12-24-16-18-31(36-33(24)21-26)28-8-4-10-30-27(28)9-5-19-34-30/h1-23H;1-21H. The fourth-order valence-corrected chi connectivity index (χ4v) is 10.5. The lowest BCUT2D eigenvalue weighted by atomic mass is 9.97. The van der Waals surface area contributed by atoms with E-state index in [1.54, 1.807) is 0 Å². The molecule has 9 aromatic carbocycles. The Bertz CT molecular complexity index is 4550. The maximum Gasteiger partial charge on any atom is 0.0716 e. The topological polar surface area (TPSA) is 77.3 Å². The molecule has 15 rings (SSSR count). The van der Waals surface area contributed by atoms with Gasteiger partial charge in [-0.1, -0.05) is 182 Å². The van der Waals surface area contributed by atoms with Gasteiger partial charge in [0.2, 0.25) is 0 Å². The van der Waals surface area contributed by atoms with Crippen LogP contribution in [0.25, 0.3) is 143 Å². The third-order valence-corrected chi connectivity index (χ3v) is 14.4. The Morgan fingerprint density at radius 3 is 1.16 bits per heavy atom. The van der Waals surface area contributed by atoms with Gasteiger partial charge in [0.05, 0.1) is 55.9 Å². The Morgan fingerprint density at radius 1 is 0.197 bits per heavy atom. The number of hydrogen-bond donors (Lipinski definition) is 0. The number of benzene rings is 9. The minimum Gasteiger partial charge on any atom is -0.256 e. The molecule has 0 aliphatic heterocycles. The molecular formula is C70H44N6. The third kappa shape index (κ3) is 8.40. The molecule has 0 atom stereocenters. The zero-order chi connectivity index (χ0) is 50.4. The van der Waals surface area contributed by atoms with Crippen LogP contribution < -0.4 is 0 Å². The lowest BCUT2D eigenvalue weighted by Crippen LogP contribution is -1.90. The number of aromatic nitrogens is 6. The van der Waals surface area contributed by atoms with E-state index in [1.807, 2.05) is 54.9 Å². The predicted molar refractivity (Wildman–Crippen MR) is 315 cm³/mol. The quantitative estimate of drug-likeness (QED) is 0.165. The minimum atomic E-state index is 0.936. The highest BCUT2D eigenvalue weighted by Gasteiger charge is 2.13. The molecule has 0 fully saturated rings. The van der Waals surface area contributed by atoms with Crippen molar-refractivity contribution in [3.63, 3.8) is 0 Å². The first-order chi connectivity index (χ1) is 37.6. The van der Waals surface area contributed by atoms with Gasteiger partial charge in [0.15, 0.2) is 0 Å². The van der Waals surface area contributed by atoms with Gasteiger partial charge in [-0.15, -0.1) is 0 Å². The fraction of sp³-hybridized carbons (Fsp3) is 0. The van der Waals surface area contributed by atoms with Gasteiger partial charge in [0.1, 0.15) is 0 Å². The van der Waals surface area contributed by atoms with Crippen LogP contribution >= 0.6 is 0 Å². The summed E-state index contributed by atoms with van der Waals surface area (Å²) >= 11 is 0. The molecule has 15 aromatic rings. The van der Waals surface area contributed by atoms with E-state index in [9.17, 15) is 0 Å². The van der Waals surface area contributed by atoms with E-state index in [0.29, 0.717) is 0 Å². The molecule has 0 bridgehead atoms. The van der Waals surface area contributed by atoms with Crippen molar-refractivity contribution in [3.05, 3.63) is 267 Å². The largest absolute Gasteiger partial charge is 0.256 e. The van der Waals surface area contributed by atoms with Crippen molar-refractivity contribution in [2.45, 2.75) is 0 Å². The van der Waals surface area contributed by atoms with Crippen LogP contribution in [0.2, 0.25) is 0 Å². The molecule has 0 amide bonds. The van der Waals surface area contributed by atoms with E-state index < -0.39 is 0 Å². The van der Waals surface area contributed by atoms with E-state index in [2.05, 4.69) is 222 Å². The predicted octanol–water partition coefficient (Wildman–Crippen LogP) is 17.8. The van der Waals surface area contributed by atoms with Crippen molar-refractivity contribution in [3.8, 4) is 67.3 Å². The van der Waals surface area contributed by atoms with Gasteiger partial charge >= 0.3 is 0 Å². The molecule has 0 spiro atoms. The molecule has 0 unspecified atom stereocenters. The average molecular weight is 969 g/mol. The summed E-state index contributed by atoms with van der Waals surface area (Å²) in [5, 5.41) is 9.16. The normalized spacial score (nSPS) is 11.4. The molecular weight excluding hydrogens is 925 g/mol. The number of nitrogens with zero attached hydrogens (tertiary/aromatic N) is 6. The van der Waals surface area contributed by atoms with Crippen LogP contribution in [0.15, 0.2) is 267 Å². The lowest BCUT2D eigenvalue weighted by molar-refractivity contribution is 1.37. The maximum atomic E-state index is 5.10. The zero-order valence-corrected chi connectivity index (χ0v) is 41.1. The van der Waals surface area contributed by atoms with E-state index in [1.165, 1.54) is 33.0 Å². The van der Waals surface area contributed by atoms with Crippen molar-refractivity contribution >= 4 is 76.2 Å². The first kappa shape index (κ1) is 44.4. The molecule has 0 N–H and O–H groups in total. The molecule has 6 nitrogen and oxygen atoms in total. The van der Waals surface area contributed by atoms with Crippen LogP contribution in [0.4, 0.5) is 0 Å². The second kappa shape index (κ2) is 19.0. The Morgan fingerprint density at radius 2 is 0.592 bits per heavy atom. The molecule has 6 heteroatoms. The Labute approximate surface area is 438 Å². The van der Waals surface area contributed by atoms with Crippen molar-refractivity contribution in [1.29, 1.82) is 0 Å². The van der Waals surface area contributed by atoms with E-state index in [-0.39, 0.29) is 0 Å². The smallest absolute Gasteiger partial charge is 0.0716 e. The molecule has 0 saturated heterocycles.